The first kappa shape index (κ1) is 3.94. The van der Waals surface area contributed by atoms with Gasteiger partial charge in [-0.25, -0.2) is 0 Å². The van der Waals surface area contributed by atoms with E-state index < -0.39 is 63.3 Å². The van der Waals surface area contributed by atoms with Crippen molar-refractivity contribution in [2.45, 2.75) is 51.9 Å². The smallest absolute Gasteiger partial charge is 0.114 e. The average Bonchev–Trinajstić information content (AvgIpc) is 3.04. The van der Waals surface area contributed by atoms with Gasteiger partial charge in [-0.05, 0) is 23.1 Å². The van der Waals surface area contributed by atoms with Crippen molar-refractivity contribution in [3.05, 3.63) is 47.9 Å². The van der Waals surface area contributed by atoms with Crippen molar-refractivity contribution in [2.24, 2.45) is 0 Å². The second-order valence-corrected chi connectivity index (χ2v) is 4.40. The third-order valence-electron chi connectivity index (χ3n) is 2.58. The first-order chi connectivity index (χ1) is 16.7. The predicted molar refractivity (Wildman–Crippen MR) is 85.8 cm³/mol. The van der Waals surface area contributed by atoms with Crippen molar-refractivity contribution in [3.63, 3.8) is 0 Å². The summed E-state index contributed by atoms with van der Waals surface area (Å²) in [7, 11) is 0. The molecule has 0 spiro atoms. The maximum atomic E-state index is 7.78. The van der Waals surface area contributed by atoms with Crippen LogP contribution in [0.4, 0.5) is 11.4 Å². The van der Waals surface area contributed by atoms with Crippen molar-refractivity contribution < 1.29 is 29.1 Å². The topological polar surface area (TPSA) is 25.2 Å². The van der Waals surface area contributed by atoms with Crippen LogP contribution in [0.1, 0.15) is 77.1 Å². The third-order valence-corrected chi connectivity index (χ3v) is 2.58. The van der Waals surface area contributed by atoms with Crippen LogP contribution in [0.5, 0.6) is 0 Å². The molecule has 108 valence electrons. The quantitative estimate of drug-likeness (QED) is 0.776. The van der Waals surface area contributed by atoms with Crippen LogP contribution in [0, 0.1) is 0 Å². The molecule has 1 aromatic carbocycles. The molecule has 0 fully saturated rings. The third kappa shape index (κ3) is 3.44. The molecule has 2 nitrogen and oxygen atoms in total. The summed E-state index contributed by atoms with van der Waals surface area (Å²) in [6, 6.07) is 5.18. The van der Waals surface area contributed by atoms with Gasteiger partial charge in [0, 0.05) is 41.8 Å². The van der Waals surface area contributed by atoms with Gasteiger partial charge in [-0.2, -0.15) is 0 Å². The Hall–Kier alpha value is -1.70. The standard InChI is InChI=1S/C18H25NO/c1-17(2,3)13-7-9-14(10-8-13)19-15-11-16(20-12-15)18(4,5)6/h7-12,19H,1-6H3/i1D3,2D3,3D3,4D3,5D3,6D3. The highest BCUT2D eigenvalue weighted by atomic mass is 16.3. The molecule has 1 heterocycles. The lowest BCUT2D eigenvalue weighted by molar-refractivity contribution is 0.409. The van der Waals surface area contributed by atoms with Gasteiger partial charge < -0.3 is 9.73 Å². The number of hydrogen-bond donors (Lipinski definition) is 1. The molecule has 2 heteroatoms. The maximum Gasteiger partial charge on any atom is 0.114 e. The SMILES string of the molecule is [2H]C([2H])([2H])C(c1ccc(Nc2coc(C(C([2H])([2H])[2H])(C([2H])([2H])[2H])C([2H])([2H])[2H])c2)cc1)(C([2H])([2H])[2H])C([2H])([2H])[2H]. The molecule has 2 rings (SSSR count). The number of anilines is 2. The molecule has 2 aromatic rings. The van der Waals surface area contributed by atoms with Crippen LogP contribution in [-0.2, 0) is 10.8 Å². The van der Waals surface area contributed by atoms with Crippen LogP contribution in [0.3, 0.4) is 0 Å². The molecule has 0 saturated carbocycles. The Labute approximate surface area is 147 Å². The van der Waals surface area contributed by atoms with Crippen molar-refractivity contribution in [1.82, 2.24) is 0 Å². The number of hydrogen-bond acceptors (Lipinski definition) is 2. The van der Waals surface area contributed by atoms with Crippen molar-refractivity contribution in [1.29, 1.82) is 0 Å². The minimum atomic E-state index is -3.54. The van der Waals surface area contributed by atoms with Gasteiger partial charge in [-0.3, -0.25) is 0 Å². The zero-order valence-electron chi connectivity index (χ0n) is 28.4. The predicted octanol–water partition coefficient (Wildman–Crippen LogP) is 5.62. The fourth-order valence-corrected chi connectivity index (χ4v) is 1.57. The molecule has 0 amide bonds. The molecule has 0 aliphatic rings. The summed E-state index contributed by atoms with van der Waals surface area (Å²) in [5, 5.41) is 2.68. The van der Waals surface area contributed by atoms with Gasteiger partial charge in [0.1, 0.15) is 12.0 Å². The van der Waals surface area contributed by atoms with E-state index in [2.05, 4.69) is 5.32 Å². The molecule has 0 bridgehead atoms. The lowest BCUT2D eigenvalue weighted by Gasteiger charge is -2.19. The molecular formula is C18H25NO. The number of rotatable bonds is 2. The van der Waals surface area contributed by atoms with Crippen LogP contribution < -0.4 is 5.32 Å². The number of nitrogens with one attached hydrogen (secondary N) is 1. The lowest BCUT2D eigenvalue weighted by atomic mass is 9.87. The van der Waals surface area contributed by atoms with E-state index in [1.54, 1.807) is 0 Å². The summed E-state index contributed by atoms with van der Waals surface area (Å²) in [5.41, 5.74) is -7.06. The average molecular weight is 290 g/mol. The normalized spacial score (nSPS) is 29.6. The highest BCUT2D eigenvalue weighted by Crippen LogP contribution is 2.29. The number of benzene rings is 1. The summed E-state index contributed by atoms with van der Waals surface area (Å²) in [5.74, 6) is -0.858. The molecule has 1 aromatic heterocycles. The van der Waals surface area contributed by atoms with Crippen LogP contribution in [-0.4, -0.2) is 0 Å². The van der Waals surface area contributed by atoms with Gasteiger partial charge in [0.2, 0.25) is 0 Å². The Balaban J connectivity index is 2.59. The van der Waals surface area contributed by atoms with Crippen molar-refractivity contribution in [3.8, 4) is 0 Å². The van der Waals surface area contributed by atoms with E-state index in [9.17, 15) is 0 Å². The van der Waals surface area contributed by atoms with E-state index in [0.29, 0.717) is 0 Å². The highest BCUT2D eigenvalue weighted by Gasteiger charge is 2.18. The second kappa shape index (κ2) is 5.01. The summed E-state index contributed by atoms with van der Waals surface area (Å²) >= 11 is 0. The fourth-order valence-electron chi connectivity index (χ4n) is 1.57. The van der Waals surface area contributed by atoms with Gasteiger partial charge in [0.05, 0.1) is 5.69 Å². The van der Waals surface area contributed by atoms with Gasteiger partial charge in [-0.1, -0.05) is 53.2 Å². The molecule has 0 radical (unpaired) electrons. The first-order valence-corrected chi connectivity index (χ1v) is 5.63. The van der Waals surface area contributed by atoms with E-state index in [0.717, 1.165) is 36.6 Å². The fraction of sp³-hybridized carbons (Fsp3) is 0.444. The monoisotopic (exact) mass is 289 g/mol. The zero-order chi connectivity index (χ0) is 30.0. The van der Waals surface area contributed by atoms with E-state index in [1.807, 2.05) is 0 Å². The van der Waals surface area contributed by atoms with E-state index in [1.165, 1.54) is 0 Å². The van der Waals surface area contributed by atoms with Gasteiger partial charge >= 0.3 is 0 Å². The Kier molecular flexibility index (Phi) is 0.985. The zero-order valence-corrected chi connectivity index (χ0v) is 10.4. The van der Waals surface area contributed by atoms with Crippen molar-refractivity contribution >= 4 is 11.4 Å². The minimum absolute atomic E-state index is 0.0800. The van der Waals surface area contributed by atoms with Crippen LogP contribution in [0.2, 0.25) is 0 Å². The Bertz CT molecular complexity index is 1040. The molecule has 0 atom stereocenters. The van der Waals surface area contributed by atoms with E-state index >= 15 is 0 Å². The molecule has 1 N–H and O–H groups in total. The lowest BCUT2D eigenvalue weighted by Crippen LogP contribution is -2.10. The Morgan fingerprint density at radius 3 is 2.15 bits per heavy atom. The maximum absolute atomic E-state index is 7.78. The first-order valence-electron chi connectivity index (χ1n) is 14.6. The van der Waals surface area contributed by atoms with Gasteiger partial charge in [0.25, 0.3) is 0 Å². The highest BCUT2D eigenvalue weighted by molar-refractivity contribution is 5.59. The summed E-state index contributed by atoms with van der Waals surface area (Å²) in [6.45, 7) is -21.0. The van der Waals surface area contributed by atoms with Gasteiger partial charge in [0.15, 0.2) is 0 Å². The van der Waals surface area contributed by atoms with Crippen LogP contribution in [0.25, 0.3) is 0 Å². The van der Waals surface area contributed by atoms with E-state index in [-0.39, 0.29) is 11.4 Å². The Morgan fingerprint density at radius 2 is 1.55 bits per heavy atom. The summed E-state index contributed by atoms with van der Waals surface area (Å²) in [4.78, 5) is 0. The molecule has 20 heavy (non-hydrogen) atoms. The Morgan fingerprint density at radius 1 is 0.900 bits per heavy atom. The largest absolute Gasteiger partial charge is 0.467 e. The van der Waals surface area contributed by atoms with Crippen LogP contribution >= 0.6 is 0 Å². The molecule has 0 unspecified atom stereocenters. The molecule has 0 aliphatic carbocycles. The minimum Gasteiger partial charge on any atom is -0.467 e. The van der Waals surface area contributed by atoms with Crippen molar-refractivity contribution in [2.75, 3.05) is 5.32 Å². The second-order valence-electron chi connectivity index (χ2n) is 4.40. The molecule has 0 saturated heterocycles. The van der Waals surface area contributed by atoms with Gasteiger partial charge in [-0.15, -0.1) is 0 Å². The summed E-state index contributed by atoms with van der Waals surface area (Å²) < 4.78 is 145. The molecular weight excluding hydrogens is 246 g/mol. The number of furan rings is 1. The molecule has 0 aliphatic heterocycles. The van der Waals surface area contributed by atoms with E-state index in [4.69, 9.17) is 29.1 Å². The summed E-state index contributed by atoms with van der Waals surface area (Å²) in [6.07, 6.45) is 0.874. The van der Waals surface area contributed by atoms with Crippen LogP contribution in [0.15, 0.2) is 41.0 Å².